The van der Waals surface area contributed by atoms with E-state index in [2.05, 4.69) is 0 Å². The van der Waals surface area contributed by atoms with Crippen molar-refractivity contribution in [1.82, 2.24) is 9.47 Å². The first-order chi connectivity index (χ1) is 16.9. The molecule has 180 valence electrons. The van der Waals surface area contributed by atoms with E-state index in [-0.39, 0.29) is 11.7 Å². The summed E-state index contributed by atoms with van der Waals surface area (Å²) in [5.41, 5.74) is 5.13. The third-order valence-corrected chi connectivity index (χ3v) is 6.16. The lowest BCUT2D eigenvalue weighted by Gasteiger charge is -2.18. The van der Waals surface area contributed by atoms with Crippen LogP contribution in [0.15, 0.2) is 78.9 Å². The fourth-order valence-corrected chi connectivity index (χ4v) is 4.21. The number of hydrogen-bond acceptors (Lipinski definition) is 3. The Bertz CT molecular complexity index is 1310. The zero-order valence-corrected chi connectivity index (χ0v) is 20.4. The largest absolute Gasteiger partial charge is 0.493 e. The minimum Gasteiger partial charge on any atom is -0.493 e. The molecule has 0 saturated carbocycles. The van der Waals surface area contributed by atoms with E-state index in [9.17, 15) is 9.18 Å². The summed E-state index contributed by atoms with van der Waals surface area (Å²) in [6, 6.07) is 23.9. The van der Waals surface area contributed by atoms with Gasteiger partial charge in [0.2, 0.25) is 0 Å². The molecule has 0 aliphatic rings. The highest BCUT2D eigenvalue weighted by atomic mass is 19.1. The number of halogens is 1. The third kappa shape index (κ3) is 5.06. The number of hydrogen-bond donors (Lipinski definition) is 0. The van der Waals surface area contributed by atoms with E-state index < -0.39 is 0 Å². The first-order valence-electron chi connectivity index (χ1n) is 11.4. The average Bonchev–Trinajstić information content (AvgIpc) is 3.24. The first kappa shape index (κ1) is 24.1. The highest BCUT2D eigenvalue weighted by molar-refractivity contribution is 5.97. The fraction of sp³-hybridized carbons (Fsp3) is 0.207. The second kappa shape index (κ2) is 10.5. The molecular formula is C29H29FN2O3. The summed E-state index contributed by atoms with van der Waals surface area (Å²) in [4.78, 5) is 15.2. The highest BCUT2D eigenvalue weighted by Crippen LogP contribution is 2.31. The number of aromatic nitrogens is 1. The van der Waals surface area contributed by atoms with Gasteiger partial charge >= 0.3 is 0 Å². The van der Waals surface area contributed by atoms with E-state index in [1.165, 1.54) is 12.1 Å². The molecule has 1 heterocycles. The SMILES string of the molecule is COc1ccc(CCN(C)C(=O)c2cc(-c3ccccc3)n(-c3ccc(F)cc3)c2C)cc1OC. The van der Waals surface area contributed by atoms with Gasteiger partial charge in [-0.1, -0.05) is 36.4 Å². The van der Waals surface area contributed by atoms with Gasteiger partial charge in [-0.2, -0.15) is 0 Å². The summed E-state index contributed by atoms with van der Waals surface area (Å²) in [6.07, 6.45) is 0.672. The minimum atomic E-state index is -0.300. The third-order valence-electron chi connectivity index (χ3n) is 6.16. The van der Waals surface area contributed by atoms with Crippen LogP contribution < -0.4 is 9.47 Å². The van der Waals surface area contributed by atoms with Crippen LogP contribution in [0.5, 0.6) is 11.5 Å². The summed E-state index contributed by atoms with van der Waals surface area (Å²) >= 11 is 0. The number of carbonyl (C=O) groups excluding carboxylic acids is 1. The molecule has 4 aromatic rings. The molecule has 0 unspecified atom stereocenters. The monoisotopic (exact) mass is 472 g/mol. The summed E-state index contributed by atoms with van der Waals surface area (Å²) in [7, 11) is 5.02. The maximum Gasteiger partial charge on any atom is 0.255 e. The Kier molecular flexibility index (Phi) is 7.20. The second-order valence-corrected chi connectivity index (χ2v) is 8.37. The number of carbonyl (C=O) groups is 1. The predicted molar refractivity (Wildman–Crippen MR) is 136 cm³/mol. The van der Waals surface area contributed by atoms with Gasteiger partial charge in [-0.3, -0.25) is 4.79 Å². The molecule has 0 radical (unpaired) electrons. The molecule has 0 fully saturated rings. The standard InChI is InChI=1S/C29H29FN2O3/c1-20-25(29(33)31(2)17-16-21-10-15-27(34-3)28(18-21)35-4)19-26(22-8-6-5-7-9-22)32(20)24-13-11-23(30)12-14-24/h5-15,18-19H,16-17H2,1-4H3. The maximum atomic E-state index is 13.6. The molecule has 3 aromatic carbocycles. The zero-order chi connectivity index (χ0) is 24.9. The topological polar surface area (TPSA) is 43.7 Å². The lowest BCUT2D eigenvalue weighted by Crippen LogP contribution is -2.29. The number of likely N-dealkylation sites (N-methyl/N-ethyl adjacent to an activating group) is 1. The van der Waals surface area contributed by atoms with Crippen LogP contribution in [0.1, 0.15) is 21.6 Å². The van der Waals surface area contributed by atoms with Crippen molar-refractivity contribution in [3.05, 3.63) is 102 Å². The maximum absolute atomic E-state index is 13.6. The van der Waals surface area contributed by atoms with Crippen LogP contribution in [0.3, 0.4) is 0 Å². The van der Waals surface area contributed by atoms with Gasteiger partial charge in [0, 0.05) is 25.0 Å². The van der Waals surface area contributed by atoms with Gasteiger partial charge in [0.25, 0.3) is 5.91 Å². The van der Waals surface area contributed by atoms with E-state index in [0.717, 1.165) is 28.2 Å². The van der Waals surface area contributed by atoms with Gasteiger partial charge in [0.1, 0.15) is 5.82 Å². The molecule has 6 heteroatoms. The summed E-state index contributed by atoms with van der Waals surface area (Å²) in [5.74, 6) is 0.970. The van der Waals surface area contributed by atoms with Gasteiger partial charge in [0.15, 0.2) is 11.5 Å². The molecule has 0 atom stereocenters. The van der Waals surface area contributed by atoms with Crippen LogP contribution in [-0.2, 0) is 6.42 Å². The molecule has 0 aliphatic heterocycles. The Morgan fingerprint density at radius 2 is 1.60 bits per heavy atom. The normalized spacial score (nSPS) is 10.8. The molecule has 0 spiro atoms. The van der Waals surface area contributed by atoms with Crippen LogP contribution in [0.2, 0.25) is 0 Å². The first-order valence-corrected chi connectivity index (χ1v) is 11.4. The van der Waals surface area contributed by atoms with Crippen molar-refractivity contribution in [3.8, 4) is 28.4 Å². The molecule has 0 N–H and O–H groups in total. The van der Waals surface area contributed by atoms with E-state index in [0.29, 0.717) is 30.0 Å². The molecule has 4 rings (SSSR count). The van der Waals surface area contributed by atoms with Crippen LogP contribution in [0.25, 0.3) is 16.9 Å². The Morgan fingerprint density at radius 1 is 0.914 bits per heavy atom. The van der Waals surface area contributed by atoms with Crippen molar-refractivity contribution in [2.24, 2.45) is 0 Å². The van der Waals surface area contributed by atoms with E-state index in [1.807, 2.05) is 66.1 Å². The van der Waals surface area contributed by atoms with E-state index in [1.54, 1.807) is 38.3 Å². The molecule has 0 aliphatic carbocycles. The second-order valence-electron chi connectivity index (χ2n) is 8.37. The van der Waals surface area contributed by atoms with Crippen LogP contribution in [0, 0.1) is 12.7 Å². The number of methoxy groups -OCH3 is 2. The Labute approximate surface area is 205 Å². The van der Waals surface area contributed by atoms with E-state index >= 15 is 0 Å². The zero-order valence-electron chi connectivity index (χ0n) is 20.4. The van der Waals surface area contributed by atoms with Crippen molar-refractivity contribution in [1.29, 1.82) is 0 Å². The van der Waals surface area contributed by atoms with Crippen molar-refractivity contribution >= 4 is 5.91 Å². The lowest BCUT2D eigenvalue weighted by molar-refractivity contribution is 0.0796. The summed E-state index contributed by atoms with van der Waals surface area (Å²) < 4.78 is 26.3. The van der Waals surface area contributed by atoms with E-state index in [4.69, 9.17) is 9.47 Å². The lowest BCUT2D eigenvalue weighted by atomic mass is 10.1. The molecular weight excluding hydrogens is 443 g/mol. The summed E-state index contributed by atoms with van der Waals surface area (Å²) in [6.45, 7) is 2.46. The summed E-state index contributed by atoms with van der Waals surface area (Å²) in [5, 5.41) is 0. The van der Waals surface area contributed by atoms with Crippen LogP contribution in [0.4, 0.5) is 4.39 Å². The van der Waals surface area contributed by atoms with Crippen molar-refractivity contribution in [2.75, 3.05) is 27.8 Å². The molecule has 0 saturated heterocycles. The number of nitrogens with zero attached hydrogens (tertiary/aromatic N) is 2. The van der Waals surface area contributed by atoms with Gasteiger partial charge in [-0.15, -0.1) is 0 Å². The predicted octanol–water partition coefficient (Wildman–Crippen LogP) is 5.92. The number of amides is 1. The molecule has 35 heavy (non-hydrogen) atoms. The van der Waals surface area contributed by atoms with Crippen LogP contribution in [-0.4, -0.2) is 43.2 Å². The quantitative estimate of drug-likeness (QED) is 0.320. The molecule has 5 nitrogen and oxygen atoms in total. The molecule has 0 bridgehead atoms. The minimum absolute atomic E-state index is 0.0685. The van der Waals surface area contributed by atoms with Crippen molar-refractivity contribution in [3.63, 3.8) is 0 Å². The van der Waals surface area contributed by atoms with Crippen molar-refractivity contribution in [2.45, 2.75) is 13.3 Å². The Morgan fingerprint density at radius 3 is 2.26 bits per heavy atom. The van der Waals surface area contributed by atoms with Crippen LogP contribution >= 0.6 is 0 Å². The van der Waals surface area contributed by atoms with Crippen molar-refractivity contribution < 1.29 is 18.7 Å². The Balaban J connectivity index is 1.62. The average molecular weight is 473 g/mol. The molecule has 1 aromatic heterocycles. The van der Waals surface area contributed by atoms with Gasteiger partial charge in [-0.05, 0) is 66.9 Å². The fourth-order valence-electron chi connectivity index (χ4n) is 4.21. The smallest absolute Gasteiger partial charge is 0.255 e. The highest BCUT2D eigenvalue weighted by Gasteiger charge is 2.22. The van der Waals surface area contributed by atoms with Gasteiger partial charge in [0.05, 0.1) is 25.5 Å². The number of ether oxygens (including phenoxy) is 2. The number of benzene rings is 3. The van der Waals surface area contributed by atoms with Gasteiger partial charge < -0.3 is 18.9 Å². The Hall–Kier alpha value is -4.06. The number of rotatable bonds is 8. The molecule has 1 amide bonds. The van der Waals surface area contributed by atoms with Gasteiger partial charge in [-0.25, -0.2) is 4.39 Å².